The number of hydrazone groups is 1. The van der Waals surface area contributed by atoms with Crippen LogP contribution in [0.15, 0.2) is 63.0 Å². The first-order valence-electron chi connectivity index (χ1n) is 9.32. The first-order chi connectivity index (χ1) is 14.4. The molecule has 3 rings (SSSR count). The SMILES string of the molecule is O=C(CNC(=O)c1ccc(S(=O)(=O)N2CCCC2)cc1)N/N=C\c1cccc(Br)c1. The molecule has 0 aromatic heterocycles. The number of carbonyl (C=O) groups is 2. The van der Waals surface area contributed by atoms with Crippen molar-refractivity contribution in [1.29, 1.82) is 0 Å². The molecule has 0 saturated carbocycles. The van der Waals surface area contributed by atoms with Crippen molar-refractivity contribution >= 4 is 44.0 Å². The maximum absolute atomic E-state index is 12.5. The summed E-state index contributed by atoms with van der Waals surface area (Å²) in [6, 6.07) is 13.1. The third kappa shape index (κ3) is 5.74. The molecule has 1 saturated heterocycles. The van der Waals surface area contributed by atoms with Crippen LogP contribution in [-0.4, -0.2) is 50.4 Å². The van der Waals surface area contributed by atoms with E-state index in [0.717, 1.165) is 22.9 Å². The summed E-state index contributed by atoms with van der Waals surface area (Å²) in [6.45, 7) is 0.774. The quantitative estimate of drug-likeness (QED) is 0.455. The summed E-state index contributed by atoms with van der Waals surface area (Å²) in [7, 11) is -3.52. The molecule has 0 radical (unpaired) electrons. The summed E-state index contributed by atoms with van der Waals surface area (Å²) in [5.74, 6) is -0.964. The molecule has 1 aliphatic rings. The Kier molecular flexibility index (Phi) is 7.35. The summed E-state index contributed by atoms with van der Waals surface area (Å²) in [4.78, 5) is 24.2. The van der Waals surface area contributed by atoms with Gasteiger partial charge in [0.25, 0.3) is 11.8 Å². The molecule has 2 amide bonds. The van der Waals surface area contributed by atoms with Gasteiger partial charge in [-0.15, -0.1) is 0 Å². The lowest BCUT2D eigenvalue weighted by atomic mass is 10.2. The van der Waals surface area contributed by atoms with E-state index in [1.807, 2.05) is 24.3 Å². The lowest BCUT2D eigenvalue weighted by molar-refractivity contribution is -0.120. The molecule has 30 heavy (non-hydrogen) atoms. The number of hydrogen-bond acceptors (Lipinski definition) is 5. The Hall–Kier alpha value is -2.56. The number of hydrogen-bond donors (Lipinski definition) is 2. The first-order valence-corrected chi connectivity index (χ1v) is 11.6. The van der Waals surface area contributed by atoms with E-state index in [-0.39, 0.29) is 17.0 Å². The highest BCUT2D eigenvalue weighted by atomic mass is 79.9. The molecule has 0 unspecified atom stereocenters. The Balaban J connectivity index is 1.50. The molecule has 2 aromatic carbocycles. The minimum absolute atomic E-state index is 0.153. The monoisotopic (exact) mass is 492 g/mol. The van der Waals surface area contributed by atoms with E-state index >= 15 is 0 Å². The fourth-order valence-corrected chi connectivity index (χ4v) is 4.86. The van der Waals surface area contributed by atoms with Crippen LogP contribution in [0.5, 0.6) is 0 Å². The van der Waals surface area contributed by atoms with E-state index in [1.165, 1.54) is 34.8 Å². The largest absolute Gasteiger partial charge is 0.343 e. The van der Waals surface area contributed by atoms with Crippen molar-refractivity contribution in [3.8, 4) is 0 Å². The molecule has 1 heterocycles. The highest BCUT2D eigenvalue weighted by Crippen LogP contribution is 2.21. The van der Waals surface area contributed by atoms with E-state index in [1.54, 1.807) is 0 Å². The zero-order valence-electron chi connectivity index (χ0n) is 16.0. The van der Waals surface area contributed by atoms with Crippen LogP contribution in [0.4, 0.5) is 0 Å². The Labute approximate surface area is 183 Å². The van der Waals surface area contributed by atoms with E-state index in [2.05, 4.69) is 31.8 Å². The van der Waals surface area contributed by atoms with Crippen molar-refractivity contribution in [1.82, 2.24) is 15.0 Å². The Morgan fingerprint density at radius 3 is 2.47 bits per heavy atom. The van der Waals surface area contributed by atoms with Crippen molar-refractivity contribution in [3.63, 3.8) is 0 Å². The second-order valence-corrected chi connectivity index (χ2v) is 9.52. The maximum atomic E-state index is 12.5. The van der Waals surface area contributed by atoms with Crippen LogP contribution in [-0.2, 0) is 14.8 Å². The van der Waals surface area contributed by atoms with Gasteiger partial charge in [-0.2, -0.15) is 9.41 Å². The fraction of sp³-hybridized carbons (Fsp3) is 0.250. The minimum atomic E-state index is -3.52. The van der Waals surface area contributed by atoms with Gasteiger partial charge in [-0.3, -0.25) is 9.59 Å². The molecule has 10 heteroatoms. The van der Waals surface area contributed by atoms with E-state index in [9.17, 15) is 18.0 Å². The highest BCUT2D eigenvalue weighted by molar-refractivity contribution is 9.10. The van der Waals surface area contributed by atoms with Crippen molar-refractivity contribution in [2.24, 2.45) is 5.10 Å². The molecule has 0 spiro atoms. The molecule has 1 fully saturated rings. The Morgan fingerprint density at radius 2 is 1.80 bits per heavy atom. The highest BCUT2D eigenvalue weighted by Gasteiger charge is 2.27. The summed E-state index contributed by atoms with van der Waals surface area (Å²) >= 11 is 3.35. The Bertz CT molecular complexity index is 1050. The molecule has 8 nitrogen and oxygen atoms in total. The number of nitrogens with zero attached hydrogens (tertiary/aromatic N) is 2. The van der Waals surface area contributed by atoms with Gasteiger partial charge in [-0.25, -0.2) is 13.8 Å². The van der Waals surface area contributed by atoms with Crippen LogP contribution in [0.25, 0.3) is 0 Å². The van der Waals surface area contributed by atoms with Crippen LogP contribution in [0.2, 0.25) is 0 Å². The average molecular weight is 493 g/mol. The van der Waals surface area contributed by atoms with Gasteiger partial charge in [0, 0.05) is 23.1 Å². The topological polar surface area (TPSA) is 108 Å². The van der Waals surface area contributed by atoms with E-state index < -0.39 is 21.8 Å². The van der Waals surface area contributed by atoms with E-state index in [0.29, 0.717) is 13.1 Å². The number of carbonyl (C=O) groups excluding carboxylic acids is 2. The van der Waals surface area contributed by atoms with Gasteiger partial charge in [0.05, 0.1) is 17.7 Å². The molecular formula is C20H21BrN4O4S. The van der Waals surface area contributed by atoms with Crippen molar-refractivity contribution < 1.29 is 18.0 Å². The molecule has 2 N–H and O–H groups in total. The molecule has 1 aliphatic heterocycles. The van der Waals surface area contributed by atoms with Gasteiger partial charge in [0.2, 0.25) is 10.0 Å². The Morgan fingerprint density at radius 1 is 1.10 bits per heavy atom. The summed E-state index contributed by atoms with van der Waals surface area (Å²) in [5, 5.41) is 6.32. The molecule has 158 valence electrons. The normalized spacial score (nSPS) is 14.7. The van der Waals surface area contributed by atoms with Crippen molar-refractivity contribution in [2.45, 2.75) is 17.7 Å². The van der Waals surface area contributed by atoms with Gasteiger partial charge in [0.1, 0.15) is 0 Å². The van der Waals surface area contributed by atoms with Gasteiger partial charge >= 0.3 is 0 Å². The first kappa shape index (κ1) is 22.1. The average Bonchev–Trinajstić information content (AvgIpc) is 3.28. The van der Waals surface area contributed by atoms with Gasteiger partial charge in [-0.05, 0) is 54.8 Å². The predicted octanol–water partition coefficient (Wildman–Crippen LogP) is 2.11. The minimum Gasteiger partial charge on any atom is -0.343 e. The number of benzene rings is 2. The van der Waals surface area contributed by atoms with Crippen molar-refractivity contribution in [2.75, 3.05) is 19.6 Å². The zero-order valence-corrected chi connectivity index (χ0v) is 18.4. The standard InChI is InChI=1S/C20H21BrN4O4S/c21-17-5-3-4-15(12-17)13-23-24-19(26)14-22-20(27)16-6-8-18(9-7-16)30(28,29)25-10-1-2-11-25/h3-9,12-13H,1-2,10-11,14H2,(H,22,27)(H,24,26)/b23-13-. The van der Waals surface area contributed by atoms with Crippen LogP contribution < -0.4 is 10.7 Å². The van der Waals surface area contributed by atoms with Crippen LogP contribution in [0.3, 0.4) is 0 Å². The smallest absolute Gasteiger partial charge is 0.259 e. The van der Waals surface area contributed by atoms with Crippen LogP contribution in [0, 0.1) is 0 Å². The van der Waals surface area contributed by atoms with Gasteiger partial charge in [-0.1, -0.05) is 28.1 Å². The fourth-order valence-electron chi connectivity index (χ4n) is 2.92. The molecule has 0 atom stereocenters. The van der Waals surface area contributed by atoms with Gasteiger partial charge < -0.3 is 5.32 Å². The number of amides is 2. The predicted molar refractivity (Wildman–Crippen MR) is 117 cm³/mol. The lowest BCUT2D eigenvalue weighted by Gasteiger charge is -2.15. The number of halogens is 1. The summed E-state index contributed by atoms with van der Waals surface area (Å²) in [5.41, 5.74) is 3.40. The summed E-state index contributed by atoms with van der Waals surface area (Å²) in [6.07, 6.45) is 3.20. The van der Waals surface area contributed by atoms with Crippen LogP contribution in [0.1, 0.15) is 28.8 Å². The number of rotatable bonds is 7. The molecule has 0 bridgehead atoms. The second kappa shape index (κ2) is 9.96. The van der Waals surface area contributed by atoms with E-state index in [4.69, 9.17) is 0 Å². The zero-order chi connectivity index (χ0) is 21.6. The van der Waals surface area contributed by atoms with Crippen molar-refractivity contribution in [3.05, 3.63) is 64.1 Å². The third-order valence-corrected chi connectivity index (χ3v) is 6.89. The van der Waals surface area contributed by atoms with Crippen LogP contribution >= 0.6 is 15.9 Å². The molecular weight excluding hydrogens is 472 g/mol. The number of sulfonamides is 1. The molecule has 2 aromatic rings. The molecule has 0 aliphatic carbocycles. The summed E-state index contributed by atoms with van der Waals surface area (Å²) < 4.78 is 27.4. The lowest BCUT2D eigenvalue weighted by Crippen LogP contribution is -2.35. The maximum Gasteiger partial charge on any atom is 0.259 e. The second-order valence-electron chi connectivity index (χ2n) is 6.67. The van der Waals surface area contributed by atoms with Gasteiger partial charge in [0.15, 0.2) is 0 Å². The number of nitrogens with one attached hydrogen (secondary N) is 2. The third-order valence-electron chi connectivity index (χ3n) is 4.48.